The van der Waals surface area contributed by atoms with Gasteiger partial charge in [0.15, 0.2) is 5.78 Å². The third-order valence-corrected chi connectivity index (χ3v) is 8.90. The smallest absolute Gasteiger partial charge is 0.159 e. The highest BCUT2D eigenvalue weighted by atomic mass is 16.1. The van der Waals surface area contributed by atoms with E-state index in [9.17, 15) is 9.59 Å². The molecule has 1 aromatic rings. The van der Waals surface area contributed by atoms with Crippen molar-refractivity contribution in [2.45, 2.75) is 148 Å². The summed E-state index contributed by atoms with van der Waals surface area (Å²) < 4.78 is 0. The Morgan fingerprint density at radius 1 is 0.791 bits per heavy atom. The number of hydrogen-bond donors (Lipinski definition) is 0. The van der Waals surface area contributed by atoms with Crippen LogP contribution in [0.5, 0.6) is 0 Å². The van der Waals surface area contributed by atoms with Crippen LogP contribution in [-0.2, 0) is 4.79 Å². The van der Waals surface area contributed by atoms with Crippen molar-refractivity contribution in [1.29, 1.82) is 0 Å². The van der Waals surface area contributed by atoms with Crippen LogP contribution >= 0.6 is 0 Å². The summed E-state index contributed by atoms with van der Waals surface area (Å²) in [5, 5.41) is 0. The van der Waals surface area contributed by atoms with Crippen LogP contribution < -0.4 is 0 Å². The van der Waals surface area contributed by atoms with Crippen LogP contribution in [0, 0.1) is 17.3 Å². The standard InChI is InChI=1S/C17H22O.C16H26O.C6H12.C2H6/c1-4-5-6-16-12(2)11-17(16)15-9-7-14(8-10-15)13(3)18;1-11(2)9-12(3)13(4)10-14(5)16(7,8)15(6)17;1-2-4-6-5-3-1;1-2/h7-12,16H,4-6H2,1-3H3;9-10H,1-8H3;1-6H2;1-2H3/b;13-12+,14-10+;;. The SMILES string of the molecule is C1CCCCC1.CC.CC(=O)C(C)(C)/C(C)=C/C(C)=C(\C)C=C(C)C.CCCCC1C(c2ccc(C(C)=O)cc2)=CC1C. The molecular formula is C41H66O2. The molecule has 2 unspecified atom stereocenters. The second-order valence-electron chi connectivity index (χ2n) is 13.1. The number of Topliss-reactive ketones (excluding diaryl/α,β-unsaturated/α-hetero) is 2. The Balaban J connectivity index is 0.000000656. The zero-order valence-electron chi connectivity index (χ0n) is 30.4. The van der Waals surface area contributed by atoms with Crippen molar-refractivity contribution in [1.82, 2.24) is 0 Å². The fourth-order valence-electron chi connectivity index (χ4n) is 5.24. The van der Waals surface area contributed by atoms with Crippen molar-refractivity contribution >= 4 is 17.1 Å². The summed E-state index contributed by atoms with van der Waals surface area (Å²) in [6.45, 7) is 26.2. The molecule has 0 saturated heterocycles. The predicted molar refractivity (Wildman–Crippen MR) is 192 cm³/mol. The zero-order chi connectivity index (χ0) is 33.2. The van der Waals surface area contributed by atoms with Gasteiger partial charge in [-0.3, -0.25) is 9.59 Å². The van der Waals surface area contributed by atoms with Crippen molar-refractivity contribution in [2.75, 3.05) is 0 Å². The van der Waals surface area contributed by atoms with E-state index in [1.165, 1.54) is 85.6 Å². The number of carbonyl (C=O) groups excluding carboxylic acids is 2. The van der Waals surface area contributed by atoms with Crippen molar-refractivity contribution in [2.24, 2.45) is 17.3 Å². The Morgan fingerprint density at radius 2 is 1.26 bits per heavy atom. The molecule has 0 N–H and O–H groups in total. The Labute approximate surface area is 267 Å². The van der Waals surface area contributed by atoms with Gasteiger partial charge in [-0.25, -0.2) is 0 Å². The summed E-state index contributed by atoms with van der Waals surface area (Å²) in [6, 6.07) is 8.07. The largest absolute Gasteiger partial charge is 0.299 e. The molecule has 2 aliphatic rings. The number of hydrogen-bond acceptors (Lipinski definition) is 2. The van der Waals surface area contributed by atoms with Gasteiger partial charge in [0, 0.05) is 11.0 Å². The van der Waals surface area contributed by atoms with Gasteiger partial charge in [-0.2, -0.15) is 0 Å². The van der Waals surface area contributed by atoms with E-state index in [0.717, 1.165) is 11.1 Å². The molecule has 0 aromatic heterocycles. The minimum absolute atomic E-state index is 0.139. The second kappa shape index (κ2) is 21.3. The van der Waals surface area contributed by atoms with Crippen molar-refractivity contribution in [3.8, 4) is 0 Å². The normalized spacial score (nSPS) is 18.4. The molecule has 1 fully saturated rings. The number of unbranched alkanes of at least 4 members (excludes halogenated alkanes) is 1. The molecule has 1 saturated carbocycles. The van der Waals surface area contributed by atoms with E-state index >= 15 is 0 Å². The number of carbonyl (C=O) groups is 2. The first-order valence-corrected chi connectivity index (χ1v) is 17.1. The first kappa shape index (κ1) is 40.5. The van der Waals surface area contributed by atoms with Crippen LogP contribution in [0.4, 0.5) is 0 Å². The lowest BCUT2D eigenvalue weighted by Crippen LogP contribution is -2.22. The lowest BCUT2D eigenvalue weighted by Gasteiger charge is -2.34. The summed E-state index contributed by atoms with van der Waals surface area (Å²) in [5.74, 6) is 1.77. The van der Waals surface area contributed by atoms with Gasteiger partial charge in [0.1, 0.15) is 5.78 Å². The van der Waals surface area contributed by atoms with Crippen molar-refractivity contribution in [3.63, 3.8) is 0 Å². The molecule has 0 heterocycles. The van der Waals surface area contributed by atoms with Crippen molar-refractivity contribution < 1.29 is 9.59 Å². The number of ketones is 2. The van der Waals surface area contributed by atoms with Crippen LogP contribution in [0.1, 0.15) is 164 Å². The van der Waals surface area contributed by atoms with Crippen LogP contribution in [0.2, 0.25) is 0 Å². The molecule has 43 heavy (non-hydrogen) atoms. The van der Waals surface area contributed by atoms with Crippen LogP contribution in [0.15, 0.2) is 64.8 Å². The summed E-state index contributed by atoms with van der Waals surface area (Å²) in [6.07, 6.45) is 19.5. The Morgan fingerprint density at radius 3 is 1.63 bits per heavy atom. The summed E-state index contributed by atoms with van der Waals surface area (Å²) in [5.41, 5.74) is 8.08. The lowest BCUT2D eigenvalue weighted by atomic mass is 9.70. The summed E-state index contributed by atoms with van der Waals surface area (Å²) in [7, 11) is 0. The fourth-order valence-corrected chi connectivity index (χ4v) is 5.24. The Bertz CT molecular complexity index is 1090. The van der Waals surface area contributed by atoms with Gasteiger partial charge in [0.05, 0.1) is 0 Å². The van der Waals surface area contributed by atoms with Gasteiger partial charge in [-0.05, 0) is 103 Å². The van der Waals surface area contributed by atoms with E-state index in [0.29, 0.717) is 11.8 Å². The quantitative estimate of drug-likeness (QED) is 0.212. The highest BCUT2D eigenvalue weighted by Gasteiger charge is 2.29. The lowest BCUT2D eigenvalue weighted by molar-refractivity contribution is -0.123. The average Bonchev–Trinajstić information content (AvgIpc) is 2.98. The Hall–Kier alpha value is -2.48. The van der Waals surface area contributed by atoms with Crippen molar-refractivity contribution in [3.05, 3.63) is 75.9 Å². The maximum atomic E-state index is 11.6. The van der Waals surface area contributed by atoms with E-state index in [4.69, 9.17) is 0 Å². The first-order chi connectivity index (χ1) is 20.2. The van der Waals surface area contributed by atoms with Crippen LogP contribution in [0.25, 0.3) is 5.57 Å². The number of allylic oxidation sites excluding steroid dienone is 8. The minimum atomic E-state index is -0.369. The van der Waals surface area contributed by atoms with Gasteiger partial charge < -0.3 is 0 Å². The van der Waals surface area contributed by atoms with E-state index < -0.39 is 0 Å². The molecular weight excluding hydrogens is 524 g/mol. The van der Waals surface area contributed by atoms with E-state index in [1.807, 2.05) is 46.8 Å². The van der Waals surface area contributed by atoms with E-state index in [1.54, 1.807) is 13.8 Å². The molecule has 3 rings (SSSR count). The molecule has 0 amide bonds. The molecule has 242 valence electrons. The fraction of sp³-hybridized carbons (Fsp3) is 0.610. The maximum Gasteiger partial charge on any atom is 0.159 e. The van der Waals surface area contributed by atoms with Gasteiger partial charge in [0.25, 0.3) is 0 Å². The van der Waals surface area contributed by atoms with Gasteiger partial charge >= 0.3 is 0 Å². The van der Waals surface area contributed by atoms with Gasteiger partial charge in [0.2, 0.25) is 0 Å². The van der Waals surface area contributed by atoms with Crippen LogP contribution in [0.3, 0.4) is 0 Å². The monoisotopic (exact) mass is 591 g/mol. The maximum absolute atomic E-state index is 11.6. The van der Waals surface area contributed by atoms with Crippen LogP contribution in [-0.4, -0.2) is 11.6 Å². The summed E-state index contributed by atoms with van der Waals surface area (Å²) in [4.78, 5) is 22.8. The molecule has 2 aliphatic carbocycles. The number of benzene rings is 1. The minimum Gasteiger partial charge on any atom is -0.299 e. The highest BCUT2D eigenvalue weighted by Crippen LogP contribution is 2.43. The molecule has 0 radical (unpaired) electrons. The molecule has 2 atom stereocenters. The van der Waals surface area contributed by atoms with E-state index in [-0.39, 0.29) is 17.0 Å². The first-order valence-electron chi connectivity index (χ1n) is 17.1. The Kier molecular flexibility index (Phi) is 20.0. The molecule has 0 aliphatic heterocycles. The van der Waals surface area contributed by atoms with Gasteiger partial charge in [-0.15, -0.1) is 0 Å². The number of rotatable bonds is 9. The third-order valence-electron chi connectivity index (χ3n) is 8.90. The predicted octanol–water partition coefficient (Wildman–Crippen LogP) is 12.9. The molecule has 0 bridgehead atoms. The molecule has 1 aromatic carbocycles. The third kappa shape index (κ3) is 14.7. The molecule has 2 heteroatoms. The van der Waals surface area contributed by atoms with E-state index in [2.05, 4.69) is 71.9 Å². The summed E-state index contributed by atoms with van der Waals surface area (Å²) >= 11 is 0. The topological polar surface area (TPSA) is 34.1 Å². The molecule has 0 spiro atoms. The second-order valence-corrected chi connectivity index (χ2v) is 13.1. The average molecular weight is 591 g/mol. The van der Waals surface area contributed by atoms with Gasteiger partial charge in [-0.1, -0.05) is 133 Å². The molecule has 2 nitrogen and oxygen atoms in total. The highest BCUT2D eigenvalue weighted by molar-refractivity contribution is 5.94. The zero-order valence-corrected chi connectivity index (χ0v) is 30.4.